The number of likely N-dealkylation sites (tertiary alicyclic amines) is 1. The number of ether oxygens (including phenoxy) is 2. The van der Waals surface area contributed by atoms with Crippen molar-refractivity contribution in [2.75, 3.05) is 33.4 Å². The van der Waals surface area contributed by atoms with Gasteiger partial charge in [0.25, 0.3) is 5.91 Å². The Labute approximate surface area is 170 Å². The standard InChI is InChI=1S/C21H27ClN2O4/c1-3-10-28-20-16(22)12-15(13-19(20)26-2)21(25)23-14-17(18-7-6-11-27-18)24-8-4-5-9-24/h6-7,11-13,17H,3-5,8-10,14H2,1-2H3,(H,23,25). The molecule has 1 unspecified atom stereocenters. The van der Waals surface area contributed by atoms with Crippen LogP contribution in [0.3, 0.4) is 0 Å². The fourth-order valence-electron chi connectivity index (χ4n) is 3.43. The molecule has 1 N–H and O–H groups in total. The predicted octanol–water partition coefficient (Wildman–Crippen LogP) is 4.30. The van der Waals surface area contributed by atoms with Crippen molar-refractivity contribution in [2.45, 2.75) is 32.2 Å². The Balaban J connectivity index is 1.72. The van der Waals surface area contributed by atoms with Crippen LogP contribution in [0.2, 0.25) is 5.02 Å². The minimum atomic E-state index is -0.210. The van der Waals surface area contributed by atoms with Gasteiger partial charge in [-0.1, -0.05) is 18.5 Å². The van der Waals surface area contributed by atoms with E-state index in [0.29, 0.717) is 35.2 Å². The van der Waals surface area contributed by atoms with E-state index in [1.54, 1.807) is 18.4 Å². The molecule has 28 heavy (non-hydrogen) atoms. The first kappa shape index (κ1) is 20.6. The molecule has 1 aliphatic heterocycles. The van der Waals surface area contributed by atoms with Gasteiger partial charge in [-0.3, -0.25) is 9.69 Å². The number of hydrogen-bond acceptors (Lipinski definition) is 5. The fourth-order valence-corrected chi connectivity index (χ4v) is 3.70. The molecule has 1 aliphatic rings. The van der Waals surface area contributed by atoms with E-state index < -0.39 is 0 Å². The van der Waals surface area contributed by atoms with Gasteiger partial charge in [0.2, 0.25) is 0 Å². The highest BCUT2D eigenvalue weighted by Crippen LogP contribution is 2.36. The number of carbonyl (C=O) groups is 1. The smallest absolute Gasteiger partial charge is 0.251 e. The van der Waals surface area contributed by atoms with Gasteiger partial charge in [0, 0.05) is 12.1 Å². The number of rotatable bonds is 9. The van der Waals surface area contributed by atoms with Crippen molar-refractivity contribution < 1.29 is 18.7 Å². The Morgan fingerprint density at radius 1 is 1.36 bits per heavy atom. The van der Waals surface area contributed by atoms with Gasteiger partial charge in [0.1, 0.15) is 5.76 Å². The summed E-state index contributed by atoms with van der Waals surface area (Å²) in [7, 11) is 1.53. The molecule has 1 amide bonds. The van der Waals surface area contributed by atoms with Crippen LogP contribution in [-0.4, -0.2) is 44.2 Å². The summed E-state index contributed by atoms with van der Waals surface area (Å²) in [4.78, 5) is 15.1. The maximum absolute atomic E-state index is 12.8. The van der Waals surface area contributed by atoms with Crippen LogP contribution in [-0.2, 0) is 0 Å². The second kappa shape index (κ2) is 9.85. The van der Waals surface area contributed by atoms with Gasteiger partial charge in [-0.15, -0.1) is 0 Å². The molecule has 0 spiro atoms. The van der Waals surface area contributed by atoms with Gasteiger partial charge < -0.3 is 19.2 Å². The number of halogens is 1. The molecule has 6 nitrogen and oxygen atoms in total. The maximum atomic E-state index is 12.8. The molecule has 2 aromatic rings. The number of carbonyl (C=O) groups excluding carboxylic acids is 1. The molecule has 0 saturated carbocycles. The van der Waals surface area contributed by atoms with Gasteiger partial charge >= 0.3 is 0 Å². The first-order valence-corrected chi connectivity index (χ1v) is 10.1. The summed E-state index contributed by atoms with van der Waals surface area (Å²) in [5, 5.41) is 3.37. The lowest BCUT2D eigenvalue weighted by Crippen LogP contribution is -2.36. The second-order valence-electron chi connectivity index (χ2n) is 6.82. The molecular weight excluding hydrogens is 380 g/mol. The van der Waals surface area contributed by atoms with E-state index in [9.17, 15) is 4.79 Å². The van der Waals surface area contributed by atoms with Crippen molar-refractivity contribution in [1.29, 1.82) is 0 Å². The third kappa shape index (κ3) is 4.80. The molecule has 1 atom stereocenters. The molecule has 1 aromatic heterocycles. The third-order valence-corrected chi connectivity index (χ3v) is 5.13. The Bertz CT molecular complexity index is 773. The number of hydrogen-bond donors (Lipinski definition) is 1. The first-order valence-electron chi connectivity index (χ1n) is 9.70. The number of amides is 1. The second-order valence-corrected chi connectivity index (χ2v) is 7.23. The Morgan fingerprint density at radius 3 is 2.79 bits per heavy atom. The van der Waals surface area contributed by atoms with Crippen LogP contribution < -0.4 is 14.8 Å². The zero-order chi connectivity index (χ0) is 19.9. The molecular formula is C21H27ClN2O4. The number of methoxy groups -OCH3 is 1. The van der Waals surface area contributed by atoms with Crippen LogP contribution in [0.5, 0.6) is 11.5 Å². The van der Waals surface area contributed by atoms with Crippen LogP contribution >= 0.6 is 11.6 Å². The van der Waals surface area contributed by atoms with Crippen molar-refractivity contribution in [3.63, 3.8) is 0 Å². The molecule has 0 radical (unpaired) electrons. The molecule has 152 valence electrons. The van der Waals surface area contributed by atoms with E-state index in [1.165, 1.54) is 7.11 Å². The first-order chi connectivity index (χ1) is 13.6. The molecule has 1 saturated heterocycles. The van der Waals surface area contributed by atoms with Crippen LogP contribution in [0.4, 0.5) is 0 Å². The highest BCUT2D eigenvalue weighted by molar-refractivity contribution is 6.32. The van der Waals surface area contributed by atoms with Crippen LogP contribution in [0.25, 0.3) is 0 Å². The quantitative estimate of drug-likeness (QED) is 0.672. The van der Waals surface area contributed by atoms with E-state index in [1.807, 2.05) is 19.1 Å². The van der Waals surface area contributed by atoms with Gasteiger partial charge in [0.15, 0.2) is 11.5 Å². The van der Waals surface area contributed by atoms with E-state index in [4.69, 9.17) is 25.5 Å². The van der Waals surface area contributed by atoms with Gasteiger partial charge in [-0.05, 0) is 56.6 Å². The normalized spacial score (nSPS) is 15.4. The van der Waals surface area contributed by atoms with E-state index in [2.05, 4.69) is 10.2 Å². The number of nitrogens with zero attached hydrogens (tertiary/aromatic N) is 1. The highest BCUT2D eigenvalue weighted by atomic mass is 35.5. The molecule has 7 heteroatoms. The van der Waals surface area contributed by atoms with Crippen molar-refractivity contribution in [1.82, 2.24) is 10.2 Å². The van der Waals surface area contributed by atoms with Crippen molar-refractivity contribution >= 4 is 17.5 Å². The lowest BCUT2D eigenvalue weighted by molar-refractivity contribution is 0.0933. The van der Waals surface area contributed by atoms with E-state index >= 15 is 0 Å². The third-order valence-electron chi connectivity index (χ3n) is 4.85. The summed E-state index contributed by atoms with van der Waals surface area (Å²) in [5.74, 6) is 1.57. The predicted molar refractivity (Wildman–Crippen MR) is 108 cm³/mol. The Kier molecular flexibility index (Phi) is 7.23. The van der Waals surface area contributed by atoms with Gasteiger partial charge in [-0.25, -0.2) is 0 Å². The summed E-state index contributed by atoms with van der Waals surface area (Å²) in [6.07, 6.45) is 4.85. The molecule has 1 aromatic carbocycles. The zero-order valence-electron chi connectivity index (χ0n) is 16.4. The SMILES string of the molecule is CCCOc1c(Cl)cc(C(=O)NCC(c2ccco2)N2CCCC2)cc1OC. The average Bonchev–Trinajstić information content (AvgIpc) is 3.41. The molecule has 1 fully saturated rings. The minimum absolute atomic E-state index is 0.0194. The number of nitrogens with one attached hydrogen (secondary N) is 1. The summed E-state index contributed by atoms with van der Waals surface area (Å²) < 4.78 is 16.6. The fraction of sp³-hybridized carbons (Fsp3) is 0.476. The molecule has 0 aliphatic carbocycles. The molecule has 0 bridgehead atoms. The van der Waals surface area contributed by atoms with Crippen molar-refractivity contribution in [3.05, 3.63) is 46.9 Å². The molecule has 3 rings (SSSR count). The van der Waals surface area contributed by atoms with Crippen LogP contribution in [0.15, 0.2) is 34.9 Å². The number of furan rings is 1. The summed E-state index contributed by atoms with van der Waals surface area (Å²) >= 11 is 6.33. The topological polar surface area (TPSA) is 63.9 Å². The highest BCUT2D eigenvalue weighted by Gasteiger charge is 2.26. The largest absolute Gasteiger partial charge is 0.493 e. The lowest BCUT2D eigenvalue weighted by Gasteiger charge is -2.26. The van der Waals surface area contributed by atoms with Crippen LogP contribution in [0.1, 0.15) is 48.3 Å². The summed E-state index contributed by atoms with van der Waals surface area (Å²) in [6, 6.07) is 7.12. The van der Waals surface area contributed by atoms with E-state index in [0.717, 1.165) is 38.1 Å². The average molecular weight is 407 g/mol. The van der Waals surface area contributed by atoms with Crippen LogP contribution in [0, 0.1) is 0 Å². The van der Waals surface area contributed by atoms with Crippen molar-refractivity contribution in [2.24, 2.45) is 0 Å². The van der Waals surface area contributed by atoms with Gasteiger partial charge in [0.05, 0.1) is 31.0 Å². The van der Waals surface area contributed by atoms with Gasteiger partial charge in [-0.2, -0.15) is 0 Å². The van der Waals surface area contributed by atoms with Crippen molar-refractivity contribution in [3.8, 4) is 11.5 Å². The Hall–Kier alpha value is -2.18. The maximum Gasteiger partial charge on any atom is 0.251 e. The Morgan fingerprint density at radius 2 is 2.14 bits per heavy atom. The molecule has 2 heterocycles. The summed E-state index contributed by atoms with van der Waals surface area (Å²) in [6.45, 7) is 5.01. The number of benzene rings is 1. The zero-order valence-corrected chi connectivity index (χ0v) is 17.1. The minimum Gasteiger partial charge on any atom is -0.493 e. The summed E-state index contributed by atoms with van der Waals surface area (Å²) in [5.41, 5.74) is 0.435. The lowest BCUT2D eigenvalue weighted by atomic mass is 10.1. The monoisotopic (exact) mass is 406 g/mol. The van der Waals surface area contributed by atoms with E-state index in [-0.39, 0.29) is 11.9 Å².